The van der Waals surface area contributed by atoms with Crippen molar-refractivity contribution in [3.05, 3.63) is 34.9 Å². The Morgan fingerprint density at radius 2 is 1.80 bits per heavy atom. The Balaban J connectivity index is 1.58. The van der Waals surface area contributed by atoms with Crippen LogP contribution in [0.2, 0.25) is 0 Å². The van der Waals surface area contributed by atoms with Crippen LogP contribution in [0.5, 0.6) is 0 Å². The van der Waals surface area contributed by atoms with Crippen LogP contribution in [0.25, 0.3) is 0 Å². The van der Waals surface area contributed by atoms with E-state index in [0.717, 1.165) is 13.1 Å². The third-order valence-electron chi connectivity index (χ3n) is 4.32. The summed E-state index contributed by atoms with van der Waals surface area (Å²) in [4.78, 5) is 4.99. The zero-order valence-corrected chi connectivity index (χ0v) is 13.3. The molecule has 1 aliphatic rings. The maximum absolute atomic E-state index is 3.56. The van der Waals surface area contributed by atoms with E-state index in [0.29, 0.717) is 0 Å². The molecule has 20 heavy (non-hydrogen) atoms. The third-order valence-corrected chi connectivity index (χ3v) is 4.32. The monoisotopic (exact) mass is 275 g/mol. The molecule has 0 saturated carbocycles. The minimum absolute atomic E-state index is 0.990. The molecule has 1 N–H and O–H groups in total. The van der Waals surface area contributed by atoms with Gasteiger partial charge in [0.2, 0.25) is 0 Å². The summed E-state index contributed by atoms with van der Waals surface area (Å²) in [5.41, 5.74) is 4.17. The van der Waals surface area contributed by atoms with Gasteiger partial charge in [0, 0.05) is 32.7 Å². The Kier molecular flexibility index (Phi) is 6.02. The predicted molar refractivity (Wildman–Crippen MR) is 86.2 cm³/mol. The van der Waals surface area contributed by atoms with Crippen molar-refractivity contribution < 1.29 is 0 Å². The van der Waals surface area contributed by atoms with E-state index in [2.05, 4.69) is 54.2 Å². The van der Waals surface area contributed by atoms with Crippen LogP contribution in [-0.2, 0) is 6.54 Å². The second kappa shape index (κ2) is 7.77. The van der Waals surface area contributed by atoms with Crippen LogP contribution >= 0.6 is 0 Å². The number of rotatable bonds is 6. The van der Waals surface area contributed by atoms with Crippen LogP contribution in [-0.4, -0.2) is 56.1 Å². The summed E-state index contributed by atoms with van der Waals surface area (Å²) < 4.78 is 0. The molecule has 0 amide bonds. The third kappa shape index (κ3) is 4.89. The van der Waals surface area contributed by atoms with E-state index in [-0.39, 0.29) is 0 Å². The van der Waals surface area contributed by atoms with Crippen molar-refractivity contribution in [3.63, 3.8) is 0 Å². The lowest BCUT2D eigenvalue weighted by Crippen LogP contribution is -2.45. The summed E-state index contributed by atoms with van der Waals surface area (Å²) in [7, 11) is 2.21. The number of likely N-dealkylation sites (N-methyl/N-ethyl adjacent to an activating group) is 1. The first kappa shape index (κ1) is 15.5. The largest absolute Gasteiger partial charge is 0.313 e. The van der Waals surface area contributed by atoms with Crippen molar-refractivity contribution in [1.82, 2.24) is 15.1 Å². The summed E-state index contributed by atoms with van der Waals surface area (Å²) in [5.74, 6) is 0. The van der Waals surface area contributed by atoms with Crippen LogP contribution in [0, 0.1) is 13.8 Å². The molecule has 0 unspecified atom stereocenters. The number of hydrogen-bond acceptors (Lipinski definition) is 3. The fourth-order valence-electron chi connectivity index (χ4n) is 2.65. The van der Waals surface area contributed by atoms with Gasteiger partial charge in [0.1, 0.15) is 0 Å². The lowest BCUT2D eigenvalue weighted by molar-refractivity contribution is 0.153. The lowest BCUT2D eigenvalue weighted by atomic mass is 10.1. The first-order chi connectivity index (χ1) is 9.65. The van der Waals surface area contributed by atoms with Gasteiger partial charge < -0.3 is 15.1 Å². The quantitative estimate of drug-likeness (QED) is 0.802. The maximum Gasteiger partial charge on any atom is 0.0205 e. The summed E-state index contributed by atoms with van der Waals surface area (Å²) in [6.07, 6.45) is 1.24. The Hall–Kier alpha value is -0.900. The van der Waals surface area contributed by atoms with Gasteiger partial charge in [0.05, 0.1) is 0 Å². The van der Waals surface area contributed by atoms with Crippen LogP contribution in [0.15, 0.2) is 18.2 Å². The topological polar surface area (TPSA) is 18.5 Å². The van der Waals surface area contributed by atoms with Crippen LogP contribution in [0.1, 0.15) is 23.1 Å². The second-order valence-electron chi connectivity index (χ2n) is 6.09. The zero-order chi connectivity index (χ0) is 14.4. The van der Waals surface area contributed by atoms with Gasteiger partial charge in [-0.1, -0.05) is 18.2 Å². The molecule has 1 aromatic carbocycles. The molecule has 0 radical (unpaired) electrons. The van der Waals surface area contributed by atoms with Gasteiger partial charge in [0.15, 0.2) is 0 Å². The van der Waals surface area contributed by atoms with Gasteiger partial charge in [-0.3, -0.25) is 0 Å². The molecule has 0 bridgehead atoms. The van der Waals surface area contributed by atoms with Crippen LogP contribution in [0.3, 0.4) is 0 Å². The normalized spacial score (nSPS) is 17.6. The summed E-state index contributed by atoms with van der Waals surface area (Å²) in [5, 5.41) is 3.56. The molecular formula is C17H29N3. The number of nitrogens with zero attached hydrogens (tertiary/aromatic N) is 2. The molecule has 1 aliphatic heterocycles. The van der Waals surface area contributed by atoms with E-state index in [1.165, 1.54) is 55.8 Å². The molecule has 0 atom stereocenters. The van der Waals surface area contributed by atoms with Crippen molar-refractivity contribution >= 4 is 0 Å². The highest BCUT2D eigenvalue weighted by Crippen LogP contribution is 2.09. The highest BCUT2D eigenvalue weighted by atomic mass is 15.2. The molecule has 0 spiro atoms. The molecule has 1 heterocycles. The average Bonchev–Trinajstić information content (AvgIpc) is 2.44. The Labute approximate surface area is 124 Å². The van der Waals surface area contributed by atoms with Crippen LogP contribution < -0.4 is 5.32 Å². The van der Waals surface area contributed by atoms with Gasteiger partial charge in [0.25, 0.3) is 0 Å². The van der Waals surface area contributed by atoms with E-state index < -0.39 is 0 Å². The van der Waals surface area contributed by atoms with E-state index in [4.69, 9.17) is 0 Å². The summed E-state index contributed by atoms with van der Waals surface area (Å²) in [6.45, 7) is 12.6. The van der Waals surface area contributed by atoms with Gasteiger partial charge in [-0.2, -0.15) is 0 Å². The molecule has 1 aromatic rings. The van der Waals surface area contributed by atoms with E-state index in [9.17, 15) is 0 Å². The summed E-state index contributed by atoms with van der Waals surface area (Å²) in [6, 6.07) is 6.75. The molecule has 0 aliphatic carbocycles. The number of aryl methyl sites for hydroxylation is 2. The molecule has 2 rings (SSSR count). The van der Waals surface area contributed by atoms with Crippen molar-refractivity contribution in [1.29, 1.82) is 0 Å². The second-order valence-corrected chi connectivity index (χ2v) is 6.09. The molecule has 1 saturated heterocycles. The summed E-state index contributed by atoms with van der Waals surface area (Å²) >= 11 is 0. The smallest absolute Gasteiger partial charge is 0.0205 e. The molecule has 3 nitrogen and oxygen atoms in total. The van der Waals surface area contributed by atoms with Crippen molar-refractivity contribution in [2.24, 2.45) is 0 Å². The fourth-order valence-corrected chi connectivity index (χ4v) is 2.65. The Bertz CT molecular complexity index is 409. The number of hydrogen-bond donors (Lipinski definition) is 1. The lowest BCUT2D eigenvalue weighted by Gasteiger charge is -2.32. The minimum atomic E-state index is 0.990. The van der Waals surface area contributed by atoms with Gasteiger partial charge >= 0.3 is 0 Å². The molecule has 112 valence electrons. The number of benzene rings is 1. The number of piperazine rings is 1. The Morgan fingerprint density at radius 3 is 2.50 bits per heavy atom. The first-order valence-electron chi connectivity index (χ1n) is 7.83. The molecule has 1 fully saturated rings. The number of nitrogens with one attached hydrogen (secondary N) is 1. The van der Waals surface area contributed by atoms with Gasteiger partial charge in [-0.25, -0.2) is 0 Å². The van der Waals surface area contributed by atoms with Crippen molar-refractivity contribution in [2.45, 2.75) is 26.8 Å². The van der Waals surface area contributed by atoms with E-state index in [1.54, 1.807) is 0 Å². The predicted octanol–water partition coefficient (Wildman–Crippen LogP) is 2.03. The van der Waals surface area contributed by atoms with Crippen molar-refractivity contribution in [3.8, 4) is 0 Å². The van der Waals surface area contributed by atoms with Gasteiger partial charge in [-0.15, -0.1) is 0 Å². The van der Waals surface area contributed by atoms with Gasteiger partial charge in [-0.05, 0) is 57.1 Å². The standard InChI is InChI=1S/C17H29N3/c1-15-5-6-17(13-16(15)2)14-18-7-4-8-20-11-9-19(3)10-12-20/h5-6,13,18H,4,7-12,14H2,1-3H3. The highest BCUT2D eigenvalue weighted by Gasteiger charge is 2.12. The maximum atomic E-state index is 3.56. The highest BCUT2D eigenvalue weighted by molar-refractivity contribution is 5.29. The SMILES string of the molecule is Cc1ccc(CNCCCN2CCN(C)CC2)cc1C. The molecule has 0 aromatic heterocycles. The average molecular weight is 275 g/mol. The van der Waals surface area contributed by atoms with E-state index >= 15 is 0 Å². The fraction of sp³-hybridized carbons (Fsp3) is 0.647. The van der Waals surface area contributed by atoms with Crippen molar-refractivity contribution in [2.75, 3.05) is 46.3 Å². The molecular weight excluding hydrogens is 246 g/mol. The van der Waals surface area contributed by atoms with E-state index in [1.807, 2.05) is 0 Å². The minimum Gasteiger partial charge on any atom is -0.313 e. The molecule has 3 heteroatoms. The van der Waals surface area contributed by atoms with Crippen LogP contribution in [0.4, 0.5) is 0 Å². The Morgan fingerprint density at radius 1 is 1.05 bits per heavy atom. The zero-order valence-electron chi connectivity index (χ0n) is 13.3. The first-order valence-corrected chi connectivity index (χ1v) is 7.83.